The van der Waals surface area contributed by atoms with Gasteiger partial charge in [0.25, 0.3) is 0 Å². The summed E-state index contributed by atoms with van der Waals surface area (Å²) in [5.74, 6) is -0.803. The number of hydrogen-bond acceptors (Lipinski definition) is 3. The zero-order valence-electron chi connectivity index (χ0n) is 11.3. The topological polar surface area (TPSA) is 81.1 Å². The number of aliphatic carboxylic acids is 1. The van der Waals surface area contributed by atoms with Gasteiger partial charge in [0.05, 0.1) is 0 Å². The number of carboxylic acid groups (broad SMARTS) is 1. The number of carbonyl (C=O) groups is 2. The van der Waals surface area contributed by atoms with E-state index in [2.05, 4.69) is 0 Å². The summed E-state index contributed by atoms with van der Waals surface area (Å²) >= 11 is 0. The molecule has 0 radical (unpaired) electrons. The quantitative estimate of drug-likeness (QED) is 0.776. The fourth-order valence-electron chi connectivity index (χ4n) is 2.98. The molecule has 6 heteroatoms. The first-order chi connectivity index (χ1) is 8.99. The standard InChI is InChI=1S/C13H22N2O4/c1-13(11(17)18)5-2-3-6-15(13)12(19)14-7-4-10(8-14)9-16/h10,16H,2-9H2,1H3,(H,17,18). The van der Waals surface area contributed by atoms with E-state index in [4.69, 9.17) is 5.11 Å². The minimum Gasteiger partial charge on any atom is -0.480 e. The van der Waals surface area contributed by atoms with Gasteiger partial charge in [-0.3, -0.25) is 0 Å². The zero-order chi connectivity index (χ0) is 14.0. The Labute approximate surface area is 113 Å². The number of likely N-dealkylation sites (tertiary alicyclic amines) is 2. The molecule has 2 unspecified atom stereocenters. The summed E-state index contributed by atoms with van der Waals surface area (Å²) in [6.07, 6.45) is 2.99. The number of aliphatic hydroxyl groups is 1. The highest BCUT2D eigenvalue weighted by Gasteiger charge is 2.45. The average Bonchev–Trinajstić information content (AvgIpc) is 2.87. The highest BCUT2D eigenvalue weighted by atomic mass is 16.4. The Morgan fingerprint density at radius 2 is 2.05 bits per heavy atom. The van der Waals surface area contributed by atoms with E-state index in [9.17, 15) is 14.7 Å². The lowest BCUT2D eigenvalue weighted by Gasteiger charge is -2.43. The van der Waals surface area contributed by atoms with E-state index in [0.29, 0.717) is 26.1 Å². The molecule has 0 saturated carbocycles. The van der Waals surface area contributed by atoms with Crippen LogP contribution in [0.1, 0.15) is 32.6 Å². The van der Waals surface area contributed by atoms with Crippen LogP contribution in [0.3, 0.4) is 0 Å². The van der Waals surface area contributed by atoms with Gasteiger partial charge in [-0.1, -0.05) is 0 Å². The molecule has 0 aromatic rings. The van der Waals surface area contributed by atoms with Crippen LogP contribution < -0.4 is 0 Å². The number of carbonyl (C=O) groups excluding carboxylic acids is 1. The molecule has 19 heavy (non-hydrogen) atoms. The Bertz CT molecular complexity index is 374. The van der Waals surface area contributed by atoms with E-state index < -0.39 is 11.5 Å². The summed E-state index contributed by atoms with van der Waals surface area (Å²) in [4.78, 5) is 27.1. The van der Waals surface area contributed by atoms with E-state index in [0.717, 1.165) is 19.3 Å². The van der Waals surface area contributed by atoms with E-state index in [1.165, 1.54) is 4.90 Å². The lowest BCUT2D eigenvalue weighted by atomic mass is 9.89. The fraction of sp³-hybridized carbons (Fsp3) is 0.846. The third-order valence-corrected chi connectivity index (χ3v) is 4.40. The first kappa shape index (κ1) is 14.1. The second kappa shape index (κ2) is 5.36. The Morgan fingerprint density at radius 3 is 2.63 bits per heavy atom. The van der Waals surface area contributed by atoms with Crippen LogP contribution in [0.5, 0.6) is 0 Å². The fourth-order valence-corrected chi connectivity index (χ4v) is 2.98. The Kier molecular flexibility index (Phi) is 3.99. The van der Waals surface area contributed by atoms with Crippen molar-refractivity contribution >= 4 is 12.0 Å². The smallest absolute Gasteiger partial charge is 0.329 e. The van der Waals surface area contributed by atoms with Crippen molar-refractivity contribution in [3.05, 3.63) is 0 Å². The summed E-state index contributed by atoms with van der Waals surface area (Å²) in [6.45, 7) is 3.35. The highest BCUT2D eigenvalue weighted by Crippen LogP contribution is 2.30. The van der Waals surface area contributed by atoms with Crippen LogP contribution in [0.15, 0.2) is 0 Å². The summed E-state index contributed by atoms with van der Waals surface area (Å²) in [6, 6.07) is -0.194. The van der Waals surface area contributed by atoms with E-state index >= 15 is 0 Å². The molecule has 2 aliphatic heterocycles. The summed E-state index contributed by atoms with van der Waals surface area (Å²) < 4.78 is 0. The van der Waals surface area contributed by atoms with Crippen molar-refractivity contribution < 1.29 is 19.8 Å². The SMILES string of the molecule is CC1(C(=O)O)CCCCN1C(=O)N1CCC(CO)C1. The molecule has 2 N–H and O–H groups in total. The second-order valence-corrected chi connectivity index (χ2v) is 5.75. The molecule has 0 aliphatic carbocycles. The Hall–Kier alpha value is -1.30. The van der Waals surface area contributed by atoms with E-state index in [1.54, 1.807) is 11.8 Å². The predicted molar refractivity (Wildman–Crippen MR) is 68.8 cm³/mol. The molecule has 2 heterocycles. The van der Waals surface area contributed by atoms with Crippen LogP contribution >= 0.6 is 0 Å². The van der Waals surface area contributed by atoms with Gasteiger partial charge in [0, 0.05) is 32.2 Å². The maximum atomic E-state index is 12.5. The number of nitrogens with zero attached hydrogens (tertiary/aromatic N) is 2. The summed E-state index contributed by atoms with van der Waals surface area (Å²) in [5.41, 5.74) is -1.09. The van der Waals surface area contributed by atoms with Gasteiger partial charge in [0.15, 0.2) is 0 Å². The number of amides is 2. The molecule has 2 rings (SSSR count). The van der Waals surface area contributed by atoms with Crippen LogP contribution in [0.4, 0.5) is 4.79 Å². The molecule has 2 atom stereocenters. The van der Waals surface area contributed by atoms with Gasteiger partial charge in [0.1, 0.15) is 5.54 Å². The predicted octanol–water partition coefficient (Wildman–Crippen LogP) is 0.750. The van der Waals surface area contributed by atoms with Crippen molar-refractivity contribution in [2.45, 2.75) is 38.1 Å². The lowest BCUT2D eigenvalue weighted by molar-refractivity contribution is -0.150. The largest absolute Gasteiger partial charge is 0.480 e. The average molecular weight is 270 g/mol. The van der Waals surface area contributed by atoms with Crippen molar-refractivity contribution in [2.75, 3.05) is 26.2 Å². The Balaban J connectivity index is 2.10. The molecule has 0 aromatic carbocycles. The van der Waals surface area contributed by atoms with Gasteiger partial charge >= 0.3 is 12.0 Å². The minimum absolute atomic E-state index is 0.0833. The second-order valence-electron chi connectivity index (χ2n) is 5.75. The van der Waals surface area contributed by atoms with Crippen LogP contribution in [-0.4, -0.2) is 63.8 Å². The molecular weight excluding hydrogens is 248 g/mol. The van der Waals surface area contributed by atoms with Crippen molar-refractivity contribution in [3.63, 3.8) is 0 Å². The zero-order valence-corrected chi connectivity index (χ0v) is 11.3. The normalized spacial score (nSPS) is 31.6. The lowest BCUT2D eigenvalue weighted by Crippen LogP contribution is -2.60. The monoisotopic (exact) mass is 270 g/mol. The van der Waals surface area contributed by atoms with E-state index in [-0.39, 0.29) is 18.6 Å². The first-order valence-corrected chi connectivity index (χ1v) is 6.90. The maximum absolute atomic E-state index is 12.5. The van der Waals surface area contributed by atoms with E-state index in [1.807, 2.05) is 0 Å². The van der Waals surface area contributed by atoms with Crippen LogP contribution in [0.2, 0.25) is 0 Å². The molecule has 2 aliphatic rings. The maximum Gasteiger partial charge on any atom is 0.329 e. The van der Waals surface area contributed by atoms with Crippen LogP contribution in [0.25, 0.3) is 0 Å². The van der Waals surface area contributed by atoms with Crippen molar-refractivity contribution in [1.82, 2.24) is 9.80 Å². The number of carboxylic acids is 1. The number of piperidine rings is 1. The van der Waals surface area contributed by atoms with Gasteiger partial charge in [-0.2, -0.15) is 0 Å². The third kappa shape index (κ3) is 2.54. The Morgan fingerprint density at radius 1 is 1.32 bits per heavy atom. The third-order valence-electron chi connectivity index (χ3n) is 4.40. The molecule has 0 aromatic heterocycles. The van der Waals surface area contributed by atoms with Gasteiger partial charge < -0.3 is 20.0 Å². The number of aliphatic hydroxyl groups excluding tert-OH is 1. The van der Waals surface area contributed by atoms with Crippen molar-refractivity contribution in [3.8, 4) is 0 Å². The van der Waals surface area contributed by atoms with Crippen LogP contribution in [0, 0.1) is 5.92 Å². The minimum atomic E-state index is -1.09. The number of urea groups is 1. The number of rotatable bonds is 2. The van der Waals surface area contributed by atoms with Crippen LogP contribution in [-0.2, 0) is 4.79 Å². The molecule has 2 saturated heterocycles. The molecule has 2 fully saturated rings. The molecule has 0 spiro atoms. The molecular formula is C13H22N2O4. The molecule has 6 nitrogen and oxygen atoms in total. The summed E-state index contributed by atoms with van der Waals surface area (Å²) in [7, 11) is 0. The number of hydrogen-bond donors (Lipinski definition) is 2. The van der Waals surface area contributed by atoms with Gasteiger partial charge in [-0.05, 0) is 32.6 Å². The van der Waals surface area contributed by atoms with Gasteiger partial charge in [-0.15, -0.1) is 0 Å². The molecule has 0 bridgehead atoms. The van der Waals surface area contributed by atoms with Gasteiger partial charge in [-0.25, -0.2) is 9.59 Å². The first-order valence-electron chi connectivity index (χ1n) is 6.90. The molecule has 108 valence electrons. The molecule has 2 amide bonds. The van der Waals surface area contributed by atoms with Crippen molar-refractivity contribution in [2.24, 2.45) is 5.92 Å². The van der Waals surface area contributed by atoms with Crippen molar-refractivity contribution in [1.29, 1.82) is 0 Å². The highest BCUT2D eigenvalue weighted by molar-refractivity contribution is 5.86. The summed E-state index contributed by atoms with van der Waals surface area (Å²) in [5, 5.41) is 18.5. The van der Waals surface area contributed by atoms with Gasteiger partial charge in [0.2, 0.25) is 0 Å².